The molecule has 0 radical (unpaired) electrons. The molecule has 0 aliphatic rings. The minimum Gasteiger partial charge on any atom is -0.350 e. The van der Waals surface area contributed by atoms with Gasteiger partial charge in [0.05, 0.1) is 0 Å². The van der Waals surface area contributed by atoms with Crippen LogP contribution in [0, 0.1) is 17.6 Å². The first kappa shape index (κ1) is 24.5. The Kier molecular flexibility index (Phi) is 8.02. The van der Waals surface area contributed by atoms with Crippen LogP contribution in [0.25, 0.3) is 0 Å². The molecule has 1 unspecified atom stereocenters. The highest BCUT2D eigenvalue weighted by molar-refractivity contribution is 6.04. The molecule has 2 aromatic carbocycles. The van der Waals surface area contributed by atoms with Gasteiger partial charge in [0.1, 0.15) is 23.2 Å². The molecule has 3 rings (SSSR count). The summed E-state index contributed by atoms with van der Waals surface area (Å²) in [5.74, 6) is -4.18. The quantitative estimate of drug-likeness (QED) is 0.472. The third-order valence-corrected chi connectivity index (χ3v) is 5.02. The topological polar surface area (TPSA) is 100 Å². The number of rotatable bonds is 8. The van der Waals surface area contributed by atoms with E-state index in [1.54, 1.807) is 50.2 Å². The zero-order valence-electron chi connectivity index (χ0n) is 18.6. The van der Waals surface area contributed by atoms with Gasteiger partial charge in [0.2, 0.25) is 5.91 Å². The molecule has 3 N–H and O–H groups in total. The summed E-state index contributed by atoms with van der Waals surface area (Å²) in [5, 5.41) is 7.90. The maximum absolute atomic E-state index is 13.9. The molecule has 1 aromatic heterocycles. The summed E-state index contributed by atoms with van der Waals surface area (Å²) in [6.45, 7) is 3.53. The van der Waals surface area contributed by atoms with Crippen LogP contribution in [0.5, 0.6) is 0 Å². The minimum atomic E-state index is -1.01. The fraction of sp³-hybridized carbons (Fsp3) is 0.200. The summed E-state index contributed by atoms with van der Waals surface area (Å²) in [5.41, 5.74) is 0.960. The van der Waals surface area contributed by atoms with Crippen LogP contribution < -0.4 is 16.0 Å². The monoisotopic (exact) mass is 466 g/mol. The van der Waals surface area contributed by atoms with E-state index in [2.05, 4.69) is 20.9 Å². The Bertz CT molecular complexity index is 1170. The summed E-state index contributed by atoms with van der Waals surface area (Å²) in [6, 6.07) is 12.2. The van der Waals surface area contributed by atoms with E-state index in [9.17, 15) is 23.2 Å². The average molecular weight is 466 g/mol. The number of carbonyl (C=O) groups is 3. The smallest absolute Gasteiger partial charge is 0.257 e. The lowest BCUT2D eigenvalue weighted by atomic mass is 10.0. The van der Waals surface area contributed by atoms with Gasteiger partial charge in [-0.05, 0) is 47.9 Å². The van der Waals surface area contributed by atoms with E-state index < -0.39 is 35.1 Å². The molecule has 34 heavy (non-hydrogen) atoms. The number of carbonyl (C=O) groups excluding carboxylic acids is 3. The lowest BCUT2D eigenvalue weighted by molar-refractivity contribution is -0.124. The standard InChI is InChI=1S/C25H24F2N4O3/c1-15(2)22(31-24(33)21-19(26)7-4-8-20(21)27)25(34)29-14-16-5-3-6-18(13-16)30-23(32)17-9-11-28-12-10-17/h3-13,15,22H,14H2,1-2H3,(H,29,34)(H,30,32)(H,31,33). The van der Waals surface area contributed by atoms with Crippen molar-refractivity contribution in [1.29, 1.82) is 0 Å². The molecule has 7 nitrogen and oxygen atoms in total. The first-order valence-corrected chi connectivity index (χ1v) is 10.6. The second kappa shape index (κ2) is 11.1. The van der Waals surface area contributed by atoms with E-state index in [4.69, 9.17) is 0 Å². The van der Waals surface area contributed by atoms with Crippen LogP contribution in [0.3, 0.4) is 0 Å². The number of hydrogen-bond acceptors (Lipinski definition) is 4. The number of nitrogens with zero attached hydrogens (tertiary/aromatic N) is 1. The van der Waals surface area contributed by atoms with Crippen molar-refractivity contribution in [3.05, 3.63) is 95.3 Å². The van der Waals surface area contributed by atoms with Crippen molar-refractivity contribution in [2.75, 3.05) is 5.32 Å². The Morgan fingerprint density at radius 1 is 0.912 bits per heavy atom. The van der Waals surface area contributed by atoms with Crippen LogP contribution in [-0.2, 0) is 11.3 Å². The molecule has 1 atom stereocenters. The number of nitrogens with one attached hydrogen (secondary N) is 3. The fourth-order valence-corrected chi connectivity index (χ4v) is 3.23. The van der Waals surface area contributed by atoms with Gasteiger partial charge in [-0.25, -0.2) is 8.78 Å². The van der Waals surface area contributed by atoms with E-state index in [0.717, 1.165) is 18.2 Å². The van der Waals surface area contributed by atoms with Crippen LogP contribution in [0.15, 0.2) is 67.0 Å². The van der Waals surface area contributed by atoms with Crippen molar-refractivity contribution in [3.8, 4) is 0 Å². The third kappa shape index (κ3) is 6.22. The summed E-state index contributed by atoms with van der Waals surface area (Å²) >= 11 is 0. The SMILES string of the molecule is CC(C)C(NC(=O)c1c(F)cccc1F)C(=O)NCc1cccc(NC(=O)c2ccncc2)c1. The van der Waals surface area contributed by atoms with Crippen molar-refractivity contribution in [2.24, 2.45) is 5.92 Å². The van der Waals surface area contributed by atoms with Gasteiger partial charge in [-0.2, -0.15) is 0 Å². The van der Waals surface area contributed by atoms with Crippen LogP contribution in [0.1, 0.15) is 40.1 Å². The van der Waals surface area contributed by atoms with Crippen molar-refractivity contribution in [3.63, 3.8) is 0 Å². The highest BCUT2D eigenvalue weighted by atomic mass is 19.1. The van der Waals surface area contributed by atoms with Crippen molar-refractivity contribution in [2.45, 2.75) is 26.4 Å². The number of halogens is 2. The molecule has 3 aromatic rings. The summed E-state index contributed by atoms with van der Waals surface area (Å²) in [7, 11) is 0. The first-order valence-electron chi connectivity index (χ1n) is 10.6. The first-order chi connectivity index (χ1) is 16.3. The molecule has 1 heterocycles. The Hall–Kier alpha value is -4.14. The molecule has 0 spiro atoms. The Balaban J connectivity index is 1.63. The normalized spacial score (nSPS) is 11.6. The summed E-state index contributed by atoms with van der Waals surface area (Å²) in [4.78, 5) is 41.4. The molecule has 176 valence electrons. The second-order valence-corrected chi connectivity index (χ2v) is 7.90. The minimum absolute atomic E-state index is 0.116. The molecule has 9 heteroatoms. The Morgan fingerprint density at radius 3 is 2.21 bits per heavy atom. The molecule has 0 saturated heterocycles. The van der Waals surface area contributed by atoms with Gasteiger partial charge in [0.25, 0.3) is 11.8 Å². The molecular weight excluding hydrogens is 442 g/mol. The van der Waals surface area contributed by atoms with Gasteiger partial charge in [0, 0.05) is 30.2 Å². The fourth-order valence-electron chi connectivity index (χ4n) is 3.23. The number of pyridine rings is 1. The highest BCUT2D eigenvalue weighted by Crippen LogP contribution is 2.15. The number of hydrogen-bond donors (Lipinski definition) is 3. The van der Waals surface area contributed by atoms with Crippen molar-refractivity contribution < 1.29 is 23.2 Å². The van der Waals surface area contributed by atoms with E-state index in [1.807, 2.05) is 0 Å². The van der Waals surface area contributed by atoms with Gasteiger partial charge in [0.15, 0.2) is 0 Å². The molecular formula is C25H24F2N4O3. The van der Waals surface area contributed by atoms with Crippen LogP contribution in [0.2, 0.25) is 0 Å². The maximum atomic E-state index is 13.9. The van der Waals surface area contributed by atoms with E-state index in [-0.39, 0.29) is 18.4 Å². The second-order valence-electron chi connectivity index (χ2n) is 7.90. The van der Waals surface area contributed by atoms with Crippen LogP contribution in [0.4, 0.5) is 14.5 Å². The summed E-state index contributed by atoms with van der Waals surface area (Å²) < 4.78 is 27.9. The Morgan fingerprint density at radius 2 is 1.56 bits per heavy atom. The number of benzene rings is 2. The molecule has 0 bridgehead atoms. The molecule has 0 fully saturated rings. The third-order valence-electron chi connectivity index (χ3n) is 5.02. The van der Waals surface area contributed by atoms with Gasteiger partial charge >= 0.3 is 0 Å². The predicted octanol–water partition coefficient (Wildman–Crippen LogP) is 3.68. The number of amides is 3. The molecule has 3 amide bonds. The zero-order chi connectivity index (χ0) is 24.7. The lowest BCUT2D eigenvalue weighted by Gasteiger charge is -2.22. The van der Waals surface area contributed by atoms with Crippen LogP contribution >= 0.6 is 0 Å². The molecule has 0 aliphatic heterocycles. The summed E-state index contributed by atoms with van der Waals surface area (Å²) in [6.07, 6.45) is 3.04. The molecule has 0 saturated carbocycles. The predicted molar refractivity (Wildman–Crippen MR) is 123 cm³/mol. The maximum Gasteiger partial charge on any atom is 0.257 e. The average Bonchev–Trinajstić information content (AvgIpc) is 2.81. The van der Waals surface area contributed by atoms with E-state index in [0.29, 0.717) is 16.8 Å². The van der Waals surface area contributed by atoms with E-state index >= 15 is 0 Å². The lowest BCUT2D eigenvalue weighted by Crippen LogP contribution is -2.49. The van der Waals surface area contributed by atoms with Crippen LogP contribution in [-0.4, -0.2) is 28.7 Å². The Labute approximate surface area is 195 Å². The van der Waals surface area contributed by atoms with Crippen molar-refractivity contribution >= 4 is 23.4 Å². The largest absolute Gasteiger partial charge is 0.350 e. The van der Waals surface area contributed by atoms with Crippen molar-refractivity contribution in [1.82, 2.24) is 15.6 Å². The van der Waals surface area contributed by atoms with Gasteiger partial charge < -0.3 is 16.0 Å². The zero-order valence-corrected chi connectivity index (χ0v) is 18.6. The number of aromatic nitrogens is 1. The van der Waals surface area contributed by atoms with Gasteiger partial charge in [-0.15, -0.1) is 0 Å². The number of anilines is 1. The van der Waals surface area contributed by atoms with Gasteiger partial charge in [-0.1, -0.05) is 32.0 Å². The van der Waals surface area contributed by atoms with E-state index in [1.165, 1.54) is 12.4 Å². The van der Waals surface area contributed by atoms with Gasteiger partial charge in [-0.3, -0.25) is 19.4 Å². The highest BCUT2D eigenvalue weighted by Gasteiger charge is 2.27. The molecule has 0 aliphatic carbocycles.